The van der Waals surface area contributed by atoms with Gasteiger partial charge < -0.3 is 11.1 Å². The molecule has 3 heteroatoms. The first-order valence-corrected chi connectivity index (χ1v) is 7.71. The summed E-state index contributed by atoms with van der Waals surface area (Å²) in [6.07, 6.45) is 11.6. The molecule has 1 fully saturated rings. The van der Waals surface area contributed by atoms with Crippen molar-refractivity contribution in [2.45, 2.75) is 77.2 Å². The second-order valence-electron chi connectivity index (χ2n) is 5.83. The van der Waals surface area contributed by atoms with E-state index >= 15 is 0 Å². The lowest BCUT2D eigenvalue weighted by Gasteiger charge is -2.21. The average Bonchev–Trinajstić information content (AvgIpc) is 2.30. The van der Waals surface area contributed by atoms with Gasteiger partial charge in [0.1, 0.15) is 0 Å². The second-order valence-corrected chi connectivity index (χ2v) is 5.83. The molecule has 106 valence electrons. The van der Waals surface area contributed by atoms with Crippen LogP contribution in [0.2, 0.25) is 0 Å². The molecule has 0 spiro atoms. The predicted octanol–water partition coefficient (Wildman–Crippen LogP) is 2.98. The van der Waals surface area contributed by atoms with Gasteiger partial charge in [-0.1, -0.05) is 39.0 Å². The Balaban J connectivity index is 2.17. The Morgan fingerprint density at radius 1 is 1.17 bits per heavy atom. The minimum atomic E-state index is 0.240. The number of amides is 1. The summed E-state index contributed by atoms with van der Waals surface area (Å²) in [4.78, 5) is 11.9. The average molecular weight is 254 g/mol. The van der Waals surface area contributed by atoms with Crippen LogP contribution in [-0.4, -0.2) is 18.5 Å². The zero-order valence-electron chi connectivity index (χ0n) is 11.9. The van der Waals surface area contributed by atoms with Crippen LogP contribution >= 0.6 is 0 Å². The minimum Gasteiger partial charge on any atom is -0.353 e. The van der Waals surface area contributed by atoms with Gasteiger partial charge >= 0.3 is 0 Å². The van der Waals surface area contributed by atoms with Crippen LogP contribution in [0.5, 0.6) is 0 Å². The maximum atomic E-state index is 11.9. The first kappa shape index (κ1) is 15.5. The Kier molecular flexibility index (Phi) is 8.06. The van der Waals surface area contributed by atoms with Crippen LogP contribution in [0.3, 0.4) is 0 Å². The summed E-state index contributed by atoms with van der Waals surface area (Å²) >= 11 is 0. The second kappa shape index (κ2) is 9.37. The zero-order chi connectivity index (χ0) is 13.2. The molecule has 3 N–H and O–H groups in total. The van der Waals surface area contributed by atoms with E-state index in [-0.39, 0.29) is 5.91 Å². The monoisotopic (exact) mass is 254 g/mol. The first-order valence-electron chi connectivity index (χ1n) is 7.71. The van der Waals surface area contributed by atoms with Gasteiger partial charge in [-0.2, -0.15) is 0 Å². The van der Waals surface area contributed by atoms with Crippen LogP contribution in [0.25, 0.3) is 0 Å². The lowest BCUT2D eigenvalue weighted by Crippen LogP contribution is -2.35. The molecular formula is C15H30N2O. The Morgan fingerprint density at radius 3 is 2.39 bits per heavy atom. The lowest BCUT2D eigenvalue weighted by molar-refractivity contribution is -0.122. The van der Waals surface area contributed by atoms with Crippen LogP contribution in [0, 0.1) is 5.92 Å². The Labute approximate surface area is 112 Å². The quantitative estimate of drug-likeness (QED) is 0.765. The van der Waals surface area contributed by atoms with Crippen LogP contribution in [-0.2, 0) is 4.79 Å². The molecule has 0 radical (unpaired) electrons. The van der Waals surface area contributed by atoms with Gasteiger partial charge in [0, 0.05) is 12.5 Å². The third kappa shape index (κ3) is 7.00. The summed E-state index contributed by atoms with van der Waals surface area (Å²) in [6, 6.07) is 0.433. The van der Waals surface area contributed by atoms with Crippen molar-refractivity contribution < 1.29 is 4.79 Å². The topological polar surface area (TPSA) is 55.1 Å². The Hall–Kier alpha value is -0.570. The van der Waals surface area contributed by atoms with Crippen molar-refractivity contribution >= 4 is 5.91 Å². The van der Waals surface area contributed by atoms with Crippen molar-refractivity contribution in [1.29, 1.82) is 0 Å². The molecule has 0 aromatic rings. The number of hydrogen-bond donors (Lipinski definition) is 2. The van der Waals surface area contributed by atoms with Gasteiger partial charge in [0.2, 0.25) is 5.91 Å². The van der Waals surface area contributed by atoms with Gasteiger partial charge in [0.25, 0.3) is 0 Å². The number of hydrogen-bond acceptors (Lipinski definition) is 2. The predicted molar refractivity (Wildman–Crippen MR) is 76.3 cm³/mol. The van der Waals surface area contributed by atoms with Gasteiger partial charge in [-0.15, -0.1) is 0 Å². The standard InChI is InChI=1S/C15H30N2O/c1-13(11-12-16)9-10-15(18)17-14-7-5-3-2-4-6-8-14/h13-14H,2-12,16H2,1H3,(H,17,18). The molecule has 1 aliphatic carbocycles. The summed E-state index contributed by atoms with van der Waals surface area (Å²) in [5, 5.41) is 3.21. The fraction of sp³-hybridized carbons (Fsp3) is 0.933. The summed E-state index contributed by atoms with van der Waals surface area (Å²) in [6.45, 7) is 2.90. The Bertz CT molecular complexity index is 223. The molecule has 0 heterocycles. The maximum Gasteiger partial charge on any atom is 0.220 e. The molecule has 18 heavy (non-hydrogen) atoms. The van der Waals surface area contributed by atoms with Crippen LogP contribution in [0.15, 0.2) is 0 Å². The molecule has 1 saturated carbocycles. The SMILES string of the molecule is CC(CCN)CCC(=O)NC1CCCCCCC1. The van der Waals surface area contributed by atoms with E-state index in [2.05, 4.69) is 12.2 Å². The van der Waals surface area contributed by atoms with E-state index in [1.165, 1.54) is 44.9 Å². The van der Waals surface area contributed by atoms with Gasteiger partial charge in [-0.25, -0.2) is 0 Å². The molecule has 3 nitrogen and oxygen atoms in total. The van der Waals surface area contributed by atoms with Crippen LogP contribution in [0.4, 0.5) is 0 Å². The van der Waals surface area contributed by atoms with Crippen molar-refractivity contribution in [2.24, 2.45) is 11.7 Å². The van der Waals surface area contributed by atoms with Gasteiger partial charge in [0.05, 0.1) is 0 Å². The molecule has 1 atom stereocenters. The van der Waals surface area contributed by atoms with E-state index in [4.69, 9.17) is 5.73 Å². The fourth-order valence-corrected chi connectivity index (χ4v) is 2.71. The third-order valence-corrected chi connectivity index (χ3v) is 3.99. The number of carbonyl (C=O) groups is 1. The fourth-order valence-electron chi connectivity index (χ4n) is 2.71. The van der Waals surface area contributed by atoms with Crippen molar-refractivity contribution in [2.75, 3.05) is 6.54 Å². The van der Waals surface area contributed by atoms with Gasteiger partial charge in [-0.05, 0) is 38.1 Å². The smallest absolute Gasteiger partial charge is 0.220 e. The summed E-state index contributed by atoms with van der Waals surface area (Å²) in [5.74, 6) is 0.808. The largest absolute Gasteiger partial charge is 0.353 e. The van der Waals surface area contributed by atoms with Crippen molar-refractivity contribution in [3.05, 3.63) is 0 Å². The van der Waals surface area contributed by atoms with E-state index in [1.54, 1.807) is 0 Å². The Morgan fingerprint density at radius 2 is 1.78 bits per heavy atom. The molecule has 0 aromatic carbocycles. The highest BCUT2D eigenvalue weighted by atomic mass is 16.1. The van der Waals surface area contributed by atoms with E-state index in [1.807, 2.05) is 0 Å². The van der Waals surface area contributed by atoms with E-state index in [0.717, 1.165) is 19.4 Å². The lowest BCUT2D eigenvalue weighted by atomic mass is 9.96. The van der Waals surface area contributed by atoms with Crippen LogP contribution in [0.1, 0.15) is 71.1 Å². The number of nitrogens with one attached hydrogen (secondary N) is 1. The molecule has 1 unspecified atom stereocenters. The van der Waals surface area contributed by atoms with E-state index in [9.17, 15) is 4.79 Å². The summed E-state index contributed by atoms with van der Waals surface area (Å²) in [7, 11) is 0. The molecule has 1 amide bonds. The number of carbonyl (C=O) groups excluding carboxylic acids is 1. The molecule has 0 aliphatic heterocycles. The number of nitrogens with two attached hydrogens (primary N) is 1. The summed E-state index contributed by atoms with van der Waals surface area (Å²) in [5.41, 5.74) is 5.52. The molecule has 0 bridgehead atoms. The molecular weight excluding hydrogens is 224 g/mol. The molecule has 1 aliphatic rings. The van der Waals surface area contributed by atoms with Crippen molar-refractivity contribution in [3.8, 4) is 0 Å². The maximum absolute atomic E-state index is 11.9. The van der Waals surface area contributed by atoms with Gasteiger partial charge in [0.15, 0.2) is 0 Å². The normalized spacial score (nSPS) is 19.9. The highest BCUT2D eigenvalue weighted by Gasteiger charge is 2.14. The molecule has 0 saturated heterocycles. The molecule has 0 aromatic heterocycles. The zero-order valence-corrected chi connectivity index (χ0v) is 11.9. The van der Waals surface area contributed by atoms with E-state index in [0.29, 0.717) is 18.4 Å². The summed E-state index contributed by atoms with van der Waals surface area (Å²) < 4.78 is 0. The van der Waals surface area contributed by atoms with Crippen molar-refractivity contribution in [1.82, 2.24) is 5.32 Å². The molecule has 1 rings (SSSR count). The first-order chi connectivity index (χ1) is 8.72. The highest BCUT2D eigenvalue weighted by molar-refractivity contribution is 5.76. The highest BCUT2D eigenvalue weighted by Crippen LogP contribution is 2.17. The number of rotatable bonds is 6. The minimum absolute atomic E-state index is 0.240. The van der Waals surface area contributed by atoms with Crippen molar-refractivity contribution in [3.63, 3.8) is 0 Å². The van der Waals surface area contributed by atoms with E-state index < -0.39 is 0 Å². The van der Waals surface area contributed by atoms with Gasteiger partial charge in [-0.3, -0.25) is 4.79 Å². The van der Waals surface area contributed by atoms with Crippen LogP contribution < -0.4 is 11.1 Å². The third-order valence-electron chi connectivity index (χ3n) is 3.99.